The fourth-order valence-electron chi connectivity index (χ4n) is 3.47. The van der Waals surface area contributed by atoms with Crippen LogP contribution in [-0.2, 0) is 6.42 Å². The minimum absolute atomic E-state index is 0.441. The predicted octanol–water partition coefficient (Wildman–Crippen LogP) is 6.33. The number of hydrogen-bond acceptors (Lipinski definition) is 2. The molecule has 0 radical (unpaired) electrons. The minimum Gasteiger partial charge on any atom is -0.455 e. The molecule has 0 saturated carbocycles. The summed E-state index contributed by atoms with van der Waals surface area (Å²) in [6.07, 6.45) is 2.80. The van der Waals surface area contributed by atoms with Crippen molar-refractivity contribution in [2.75, 3.05) is 0 Å². The topological polar surface area (TPSA) is 26.0 Å². The lowest BCUT2D eigenvalue weighted by molar-refractivity contribution is 0.663. The highest BCUT2D eigenvalue weighted by atomic mass is 16.3. The molecule has 0 fully saturated rings. The summed E-state index contributed by atoms with van der Waals surface area (Å²) in [7, 11) is 0. The van der Waals surface area contributed by atoms with Gasteiger partial charge in [0.25, 0.3) is 0 Å². The van der Waals surface area contributed by atoms with E-state index in [1.807, 2.05) is 24.4 Å². The van der Waals surface area contributed by atoms with E-state index >= 15 is 0 Å². The maximum atomic E-state index is 6.41. The van der Waals surface area contributed by atoms with Gasteiger partial charge in [-0.25, -0.2) is 0 Å². The number of rotatable bonds is 3. The maximum Gasteiger partial charge on any atom is 0.145 e. The number of aromatic nitrogens is 1. The van der Waals surface area contributed by atoms with Crippen molar-refractivity contribution in [1.82, 2.24) is 4.98 Å². The lowest BCUT2D eigenvalue weighted by atomic mass is 9.94. The van der Waals surface area contributed by atoms with Crippen LogP contribution in [0.25, 0.3) is 33.2 Å². The van der Waals surface area contributed by atoms with E-state index in [9.17, 15) is 0 Å². The Bertz CT molecular complexity index is 1010. The molecule has 24 heavy (non-hydrogen) atoms. The van der Waals surface area contributed by atoms with Crippen LogP contribution in [0.2, 0.25) is 0 Å². The molecular formula is C22H21NO. The molecule has 4 aromatic rings. The van der Waals surface area contributed by atoms with Gasteiger partial charge in [0.05, 0.1) is 5.69 Å². The smallest absolute Gasteiger partial charge is 0.145 e. The highest BCUT2D eigenvalue weighted by molar-refractivity contribution is 6.11. The standard InChI is InChI=1S/C22H21NO/c1-4-15-8-7-9-18-20-16(14(2)3)11-12-17(22(20)24-21(15)18)19-10-5-6-13-23-19/h5-14H,4H2,1-3H3. The second-order valence-electron chi connectivity index (χ2n) is 6.53. The van der Waals surface area contributed by atoms with E-state index in [4.69, 9.17) is 4.42 Å². The second kappa shape index (κ2) is 5.79. The van der Waals surface area contributed by atoms with E-state index in [0.717, 1.165) is 28.8 Å². The van der Waals surface area contributed by atoms with Gasteiger partial charge in [-0.1, -0.05) is 51.1 Å². The highest BCUT2D eigenvalue weighted by Crippen LogP contribution is 2.40. The molecule has 0 aliphatic heterocycles. The predicted molar refractivity (Wildman–Crippen MR) is 100 cm³/mol. The quantitative estimate of drug-likeness (QED) is 0.441. The van der Waals surface area contributed by atoms with Crippen molar-refractivity contribution in [3.05, 3.63) is 65.9 Å². The number of benzene rings is 2. The first-order chi connectivity index (χ1) is 11.7. The lowest BCUT2D eigenvalue weighted by Crippen LogP contribution is -1.91. The van der Waals surface area contributed by atoms with Gasteiger partial charge in [-0.15, -0.1) is 0 Å². The van der Waals surface area contributed by atoms with Crippen molar-refractivity contribution < 1.29 is 4.42 Å². The number of pyridine rings is 1. The van der Waals surface area contributed by atoms with Gasteiger partial charge < -0.3 is 4.42 Å². The zero-order chi connectivity index (χ0) is 16.7. The molecule has 2 aromatic carbocycles. The summed E-state index contributed by atoms with van der Waals surface area (Å²) in [6.45, 7) is 6.64. The molecular weight excluding hydrogens is 294 g/mol. The number of para-hydroxylation sites is 1. The van der Waals surface area contributed by atoms with Gasteiger partial charge in [0.1, 0.15) is 11.2 Å². The molecule has 2 heterocycles. The van der Waals surface area contributed by atoms with E-state index in [1.54, 1.807) is 0 Å². The van der Waals surface area contributed by atoms with E-state index in [0.29, 0.717) is 5.92 Å². The molecule has 0 aliphatic rings. The van der Waals surface area contributed by atoms with Gasteiger partial charge >= 0.3 is 0 Å². The first-order valence-electron chi connectivity index (χ1n) is 8.59. The highest BCUT2D eigenvalue weighted by Gasteiger charge is 2.19. The molecule has 120 valence electrons. The monoisotopic (exact) mass is 315 g/mol. The van der Waals surface area contributed by atoms with Crippen LogP contribution >= 0.6 is 0 Å². The average Bonchev–Trinajstić information content (AvgIpc) is 3.01. The number of nitrogens with zero attached hydrogens (tertiary/aromatic N) is 1. The van der Waals surface area contributed by atoms with Gasteiger partial charge in [0.15, 0.2) is 0 Å². The molecule has 4 rings (SSSR count). The Morgan fingerprint density at radius 3 is 2.54 bits per heavy atom. The molecule has 0 unspecified atom stereocenters. The third-order valence-corrected chi connectivity index (χ3v) is 4.70. The summed E-state index contributed by atoms with van der Waals surface area (Å²) in [5.74, 6) is 0.441. The summed E-state index contributed by atoms with van der Waals surface area (Å²) in [4.78, 5) is 4.53. The van der Waals surface area contributed by atoms with Gasteiger partial charge in [-0.3, -0.25) is 4.98 Å². The second-order valence-corrected chi connectivity index (χ2v) is 6.53. The average molecular weight is 315 g/mol. The molecule has 2 heteroatoms. The van der Waals surface area contributed by atoms with Crippen molar-refractivity contribution in [3.63, 3.8) is 0 Å². The van der Waals surface area contributed by atoms with Crippen molar-refractivity contribution in [2.45, 2.75) is 33.1 Å². The van der Waals surface area contributed by atoms with Crippen molar-refractivity contribution in [3.8, 4) is 11.3 Å². The molecule has 0 saturated heterocycles. The largest absolute Gasteiger partial charge is 0.455 e. The zero-order valence-corrected chi connectivity index (χ0v) is 14.3. The number of fused-ring (bicyclic) bond motifs is 3. The number of aryl methyl sites for hydroxylation is 1. The number of hydrogen-bond donors (Lipinski definition) is 0. The fourth-order valence-corrected chi connectivity index (χ4v) is 3.47. The maximum absolute atomic E-state index is 6.41. The normalized spacial score (nSPS) is 11.7. The zero-order valence-electron chi connectivity index (χ0n) is 14.3. The van der Waals surface area contributed by atoms with Crippen molar-refractivity contribution in [2.24, 2.45) is 0 Å². The Hall–Kier alpha value is -2.61. The summed E-state index contributed by atoms with van der Waals surface area (Å²) in [6, 6.07) is 16.8. The molecule has 0 spiro atoms. The Morgan fingerprint density at radius 2 is 1.83 bits per heavy atom. The number of furan rings is 1. The van der Waals surface area contributed by atoms with E-state index < -0.39 is 0 Å². The Morgan fingerprint density at radius 1 is 0.958 bits per heavy atom. The molecule has 2 aromatic heterocycles. The third kappa shape index (κ3) is 2.22. The first-order valence-corrected chi connectivity index (χ1v) is 8.59. The third-order valence-electron chi connectivity index (χ3n) is 4.70. The Labute approximate surface area is 142 Å². The molecule has 2 nitrogen and oxygen atoms in total. The fraction of sp³-hybridized carbons (Fsp3) is 0.227. The first kappa shape index (κ1) is 14.9. The molecule has 0 atom stereocenters. The van der Waals surface area contributed by atoms with Crippen molar-refractivity contribution in [1.29, 1.82) is 0 Å². The summed E-state index contributed by atoms with van der Waals surface area (Å²) in [5, 5.41) is 2.45. The summed E-state index contributed by atoms with van der Waals surface area (Å²) < 4.78 is 6.41. The summed E-state index contributed by atoms with van der Waals surface area (Å²) in [5.41, 5.74) is 6.57. The SMILES string of the molecule is CCc1cccc2c1oc1c(-c3ccccn3)ccc(C(C)C)c12. The van der Waals surface area contributed by atoms with Crippen molar-refractivity contribution >= 4 is 21.9 Å². The van der Waals surface area contributed by atoms with Gasteiger partial charge in [0.2, 0.25) is 0 Å². The Balaban J connectivity index is 2.16. The van der Waals surface area contributed by atoms with Gasteiger partial charge in [0, 0.05) is 22.5 Å². The molecule has 0 amide bonds. The van der Waals surface area contributed by atoms with Crippen LogP contribution in [0.15, 0.2) is 59.1 Å². The van der Waals surface area contributed by atoms with Crippen LogP contribution in [0.1, 0.15) is 37.8 Å². The van der Waals surface area contributed by atoms with E-state index in [2.05, 4.69) is 56.1 Å². The van der Waals surface area contributed by atoms with Crippen LogP contribution < -0.4 is 0 Å². The van der Waals surface area contributed by atoms with Crippen LogP contribution in [0, 0.1) is 0 Å². The summed E-state index contributed by atoms with van der Waals surface area (Å²) >= 11 is 0. The minimum atomic E-state index is 0.441. The van der Waals surface area contributed by atoms with E-state index in [-0.39, 0.29) is 0 Å². The molecule has 0 bridgehead atoms. The molecule has 0 aliphatic carbocycles. The van der Waals surface area contributed by atoms with Gasteiger partial charge in [-0.2, -0.15) is 0 Å². The van der Waals surface area contributed by atoms with Crippen LogP contribution in [0.4, 0.5) is 0 Å². The van der Waals surface area contributed by atoms with Crippen LogP contribution in [0.5, 0.6) is 0 Å². The van der Waals surface area contributed by atoms with Crippen LogP contribution in [-0.4, -0.2) is 4.98 Å². The lowest BCUT2D eigenvalue weighted by Gasteiger charge is -2.10. The Kier molecular flexibility index (Phi) is 3.61. The van der Waals surface area contributed by atoms with E-state index in [1.165, 1.54) is 21.9 Å². The molecule has 0 N–H and O–H groups in total. The van der Waals surface area contributed by atoms with Gasteiger partial charge in [-0.05, 0) is 41.7 Å². The van der Waals surface area contributed by atoms with Crippen LogP contribution in [0.3, 0.4) is 0 Å².